The van der Waals surface area contributed by atoms with E-state index in [1.165, 1.54) is 11.3 Å². The van der Waals surface area contributed by atoms with Crippen LogP contribution in [0.15, 0.2) is 36.8 Å². The lowest BCUT2D eigenvalue weighted by molar-refractivity contribution is 0.0967. The average Bonchev–Trinajstić information content (AvgIpc) is 3.54. The van der Waals surface area contributed by atoms with E-state index in [9.17, 15) is 4.79 Å². The molecule has 10 heteroatoms. The van der Waals surface area contributed by atoms with Gasteiger partial charge in [0.25, 0.3) is 5.91 Å². The van der Waals surface area contributed by atoms with E-state index in [0.717, 1.165) is 28.0 Å². The number of thiophene rings is 1. The predicted molar refractivity (Wildman–Crippen MR) is 116 cm³/mol. The first-order valence-electron chi connectivity index (χ1n) is 10.0. The zero-order valence-electron chi connectivity index (χ0n) is 17.2. The summed E-state index contributed by atoms with van der Waals surface area (Å²) < 4.78 is 15.5. The van der Waals surface area contributed by atoms with Gasteiger partial charge in [0.1, 0.15) is 17.4 Å². The minimum absolute atomic E-state index is 0.0372. The Balaban J connectivity index is 1.54. The van der Waals surface area contributed by atoms with E-state index in [1.807, 2.05) is 42.2 Å². The number of amides is 1. The highest BCUT2D eigenvalue weighted by molar-refractivity contribution is 7.14. The number of ether oxygens (including phenoxy) is 2. The summed E-state index contributed by atoms with van der Waals surface area (Å²) >= 11 is 1.44. The molecule has 0 bridgehead atoms. The van der Waals surface area contributed by atoms with Gasteiger partial charge in [-0.3, -0.25) is 9.48 Å². The maximum atomic E-state index is 11.9. The summed E-state index contributed by atoms with van der Waals surface area (Å²) in [6.07, 6.45) is 6.99. The van der Waals surface area contributed by atoms with E-state index in [2.05, 4.69) is 10.4 Å². The zero-order chi connectivity index (χ0) is 21.4. The number of carbonyl (C=O) groups excluding carboxylic acids is 1. The molecule has 9 nitrogen and oxygen atoms in total. The van der Waals surface area contributed by atoms with Gasteiger partial charge in [-0.25, -0.2) is 4.98 Å². The molecule has 1 amide bonds. The molecule has 1 aliphatic rings. The van der Waals surface area contributed by atoms with E-state index >= 15 is 0 Å². The zero-order valence-corrected chi connectivity index (χ0v) is 18.1. The summed E-state index contributed by atoms with van der Waals surface area (Å²) in [5.74, 6) is 1.09. The Morgan fingerprint density at radius 3 is 3.00 bits per heavy atom. The third-order valence-electron chi connectivity index (χ3n) is 5.13. The van der Waals surface area contributed by atoms with Gasteiger partial charge in [0, 0.05) is 44.2 Å². The van der Waals surface area contributed by atoms with Crippen LogP contribution in [-0.4, -0.2) is 56.6 Å². The van der Waals surface area contributed by atoms with Crippen LogP contribution >= 0.6 is 11.3 Å². The number of carbonyl (C=O) groups is 1. The molecule has 0 saturated carbocycles. The number of aromatic nitrogens is 5. The molecule has 0 unspecified atom stereocenters. The number of aryl methyl sites for hydroxylation is 1. The van der Waals surface area contributed by atoms with E-state index in [4.69, 9.17) is 19.4 Å². The Bertz CT molecular complexity index is 1240. The molecule has 1 atom stereocenters. The third-order valence-corrected chi connectivity index (χ3v) is 6.21. The predicted octanol–water partition coefficient (Wildman–Crippen LogP) is 2.33. The van der Waals surface area contributed by atoms with E-state index < -0.39 is 0 Å². The van der Waals surface area contributed by atoms with E-state index in [-0.39, 0.29) is 12.0 Å². The Kier molecular flexibility index (Phi) is 5.16. The molecular weight excluding hydrogens is 416 g/mol. The first kappa shape index (κ1) is 19.7. The normalized spacial score (nSPS) is 16.1. The monoisotopic (exact) mass is 438 g/mol. The maximum absolute atomic E-state index is 11.9. The lowest BCUT2D eigenvalue weighted by atomic mass is 10.3. The van der Waals surface area contributed by atoms with Crippen LogP contribution in [0.3, 0.4) is 0 Å². The fraction of sp³-hybridized carbons (Fsp3) is 0.333. The van der Waals surface area contributed by atoms with Gasteiger partial charge in [-0.15, -0.1) is 11.3 Å². The highest BCUT2D eigenvalue weighted by Gasteiger charge is 2.22. The number of fused-ring (bicyclic) bond motifs is 1. The fourth-order valence-corrected chi connectivity index (χ4v) is 4.56. The Hall–Kier alpha value is -3.24. The van der Waals surface area contributed by atoms with Gasteiger partial charge in [-0.2, -0.15) is 10.1 Å². The van der Waals surface area contributed by atoms with Crippen LogP contribution < -0.4 is 10.1 Å². The average molecular weight is 439 g/mol. The van der Waals surface area contributed by atoms with Crippen molar-refractivity contribution in [1.82, 2.24) is 29.6 Å². The second kappa shape index (κ2) is 8.12. The lowest BCUT2D eigenvalue weighted by Crippen LogP contribution is -2.18. The lowest BCUT2D eigenvalue weighted by Gasteiger charge is -2.14. The molecular formula is C21H22N6O3S. The SMILES string of the molecule is CNC(=O)c1ccc(Cc2nc(O[C@H]3CCOC3)c3c(ccn3-c3cnn(C)c3)n2)s1. The maximum Gasteiger partial charge on any atom is 0.261 e. The van der Waals surface area contributed by atoms with Crippen molar-refractivity contribution in [3.63, 3.8) is 0 Å². The van der Waals surface area contributed by atoms with Crippen LogP contribution in [0.4, 0.5) is 0 Å². The van der Waals surface area contributed by atoms with Crippen LogP contribution in [0.1, 0.15) is 26.8 Å². The summed E-state index contributed by atoms with van der Waals surface area (Å²) in [7, 11) is 3.51. The highest BCUT2D eigenvalue weighted by atomic mass is 32.1. The van der Waals surface area contributed by atoms with Crippen LogP contribution in [-0.2, 0) is 18.2 Å². The minimum atomic E-state index is -0.0913. The molecule has 5 heterocycles. The summed E-state index contributed by atoms with van der Waals surface area (Å²) in [4.78, 5) is 23.1. The molecule has 1 aliphatic heterocycles. The highest BCUT2D eigenvalue weighted by Crippen LogP contribution is 2.29. The van der Waals surface area contributed by atoms with Gasteiger partial charge in [0.05, 0.1) is 35.5 Å². The molecule has 1 saturated heterocycles. The minimum Gasteiger partial charge on any atom is -0.470 e. The van der Waals surface area contributed by atoms with Crippen molar-refractivity contribution in [3.05, 3.63) is 52.4 Å². The summed E-state index contributed by atoms with van der Waals surface area (Å²) in [6, 6.07) is 5.72. The van der Waals surface area contributed by atoms with Crippen molar-refractivity contribution in [1.29, 1.82) is 0 Å². The van der Waals surface area contributed by atoms with Crippen molar-refractivity contribution in [2.24, 2.45) is 7.05 Å². The van der Waals surface area contributed by atoms with E-state index in [0.29, 0.717) is 36.2 Å². The van der Waals surface area contributed by atoms with Crippen molar-refractivity contribution in [2.45, 2.75) is 18.9 Å². The van der Waals surface area contributed by atoms with Crippen LogP contribution in [0.5, 0.6) is 5.88 Å². The molecule has 4 aromatic heterocycles. The third kappa shape index (κ3) is 3.91. The molecule has 1 fully saturated rings. The van der Waals surface area contributed by atoms with Crippen LogP contribution in [0.25, 0.3) is 16.7 Å². The number of hydrogen-bond donors (Lipinski definition) is 1. The van der Waals surface area contributed by atoms with Crippen molar-refractivity contribution < 1.29 is 14.3 Å². The standard InChI is InChI=1S/C21H22N6O3S/c1-22-20(28)17-4-3-15(31-17)9-18-24-16-5-7-27(13-10-23-26(2)11-13)19(16)21(25-18)30-14-6-8-29-12-14/h3-5,7,10-11,14H,6,8-9,12H2,1-2H3,(H,22,28)/t14-/m0/s1. The molecule has 0 spiro atoms. The smallest absolute Gasteiger partial charge is 0.261 e. The molecule has 4 aromatic rings. The van der Waals surface area contributed by atoms with Gasteiger partial charge in [0.15, 0.2) is 0 Å². The molecule has 0 radical (unpaired) electrons. The van der Waals surface area contributed by atoms with Gasteiger partial charge >= 0.3 is 0 Å². The van der Waals surface area contributed by atoms with Gasteiger partial charge in [-0.05, 0) is 18.2 Å². The number of rotatable bonds is 6. The second-order valence-electron chi connectivity index (χ2n) is 7.36. The van der Waals surface area contributed by atoms with Gasteiger partial charge in [-0.1, -0.05) is 0 Å². The molecule has 31 heavy (non-hydrogen) atoms. The van der Waals surface area contributed by atoms with Crippen molar-refractivity contribution >= 4 is 28.3 Å². The summed E-state index contributed by atoms with van der Waals surface area (Å²) in [5.41, 5.74) is 2.52. The Morgan fingerprint density at radius 2 is 2.26 bits per heavy atom. The molecule has 160 valence electrons. The van der Waals surface area contributed by atoms with Gasteiger partial charge in [0.2, 0.25) is 5.88 Å². The second-order valence-corrected chi connectivity index (χ2v) is 8.53. The largest absolute Gasteiger partial charge is 0.470 e. The first-order chi connectivity index (χ1) is 15.1. The fourth-order valence-electron chi connectivity index (χ4n) is 3.61. The van der Waals surface area contributed by atoms with Crippen LogP contribution in [0.2, 0.25) is 0 Å². The van der Waals surface area contributed by atoms with Gasteiger partial charge < -0.3 is 19.4 Å². The van der Waals surface area contributed by atoms with Crippen molar-refractivity contribution in [3.8, 4) is 11.6 Å². The molecule has 1 N–H and O–H groups in total. The molecule has 5 rings (SSSR count). The summed E-state index contributed by atoms with van der Waals surface area (Å²) in [6.45, 7) is 1.24. The number of hydrogen-bond acceptors (Lipinski definition) is 7. The molecule has 0 aliphatic carbocycles. The van der Waals surface area contributed by atoms with Crippen molar-refractivity contribution in [2.75, 3.05) is 20.3 Å². The molecule has 0 aromatic carbocycles. The summed E-state index contributed by atoms with van der Waals surface area (Å²) in [5, 5.41) is 6.92. The van der Waals surface area contributed by atoms with E-state index in [1.54, 1.807) is 17.9 Å². The number of nitrogens with zero attached hydrogens (tertiary/aromatic N) is 5. The Labute approximate surface area is 182 Å². The number of nitrogens with one attached hydrogen (secondary N) is 1. The quantitative estimate of drug-likeness (QED) is 0.496. The first-order valence-corrected chi connectivity index (χ1v) is 10.8. The Morgan fingerprint density at radius 1 is 1.35 bits per heavy atom. The topological polar surface area (TPSA) is 96.1 Å². The van der Waals surface area contributed by atoms with Crippen LogP contribution in [0, 0.1) is 0 Å².